The van der Waals surface area contributed by atoms with Gasteiger partial charge in [-0.25, -0.2) is 4.79 Å². The van der Waals surface area contributed by atoms with E-state index in [0.29, 0.717) is 11.4 Å². The fraction of sp³-hybridized carbons (Fsp3) is 0.471. The molecule has 0 aliphatic carbocycles. The van der Waals surface area contributed by atoms with Gasteiger partial charge >= 0.3 is 5.97 Å². The molecule has 0 saturated carbocycles. The minimum absolute atomic E-state index is 0.0684. The maximum Gasteiger partial charge on any atom is 0.329 e. The number of benzene rings is 1. The number of ether oxygens (including phenoxy) is 1. The molecule has 2 unspecified atom stereocenters. The lowest BCUT2D eigenvalue weighted by atomic mass is 10.1. The number of nitrogens with one attached hydrogen (secondary N) is 2. The number of rotatable bonds is 5. The molecule has 1 aliphatic heterocycles. The Bertz CT molecular complexity index is 647. The third-order valence-electron chi connectivity index (χ3n) is 3.81. The van der Waals surface area contributed by atoms with Gasteiger partial charge < -0.3 is 15.4 Å². The van der Waals surface area contributed by atoms with Gasteiger partial charge in [0.15, 0.2) is 0 Å². The fourth-order valence-electron chi connectivity index (χ4n) is 2.32. The molecule has 6 nitrogen and oxygen atoms in total. The topological polar surface area (TPSA) is 84.5 Å². The Morgan fingerprint density at radius 1 is 1.33 bits per heavy atom. The van der Waals surface area contributed by atoms with E-state index in [1.807, 2.05) is 32.0 Å². The molecular formula is C17H22N2O4S. The van der Waals surface area contributed by atoms with Crippen molar-refractivity contribution in [1.82, 2.24) is 5.32 Å². The lowest BCUT2D eigenvalue weighted by molar-refractivity contribution is -0.146. The van der Waals surface area contributed by atoms with E-state index < -0.39 is 17.3 Å². The van der Waals surface area contributed by atoms with E-state index in [-0.39, 0.29) is 24.8 Å². The lowest BCUT2D eigenvalue weighted by Gasteiger charge is -2.27. The Morgan fingerprint density at radius 2 is 2.08 bits per heavy atom. The minimum Gasteiger partial charge on any atom is -0.464 e. The molecule has 0 bridgehead atoms. The summed E-state index contributed by atoms with van der Waals surface area (Å²) in [7, 11) is 0. The lowest BCUT2D eigenvalue weighted by Crippen LogP contribution is -2.51. The predicted octanol–water partition coefficient (Wildman–Crippen LogP) is 1.80. The van der Waals surface area contributed by atoms with Crippen LogP contribution in [0.5, 0.6) is 0 Å². The van der Waals surface area contributed by atoms with Crippen molar-refractivity contribution in [2.24, 2.45) is 0 Å². The van der Waals surface area contributed by atoms with Crippen LogP contribution in [0.4, 0.5) is 5.69 Å². The first-order valence-corrected chi connectivity index (χ1v) is 8.91. The molecule has 2 rings (SSSR count). The number of amides is 2. The summed E-state index contributed by atoms with van der Waals surface area (Å²) in [5, 5.41) is 4.93. The number of anilines is 1. The van der Waals surface area contributed by atoms with Crippen LogP contribution >= 0.6 is 11.8 Å². The van der Waals surface area contributed by atoms with Gasteiger partial charge in [-0.1, -0.05) is 6.07 Å². The molecule has 2 amide bonds. The Hall–Kier alpha value is -2.02. The maximum absolute atomic E-state index is 12.1. The largest absolute Gasteiger partial charge is 0.464 e. The number of hydrogen-bond donors (Lipinski definition) is 2. The summed E-state index contributed by atoms with van der Waals surface area (Å²) in [4.78, 5) is 35.9. The smallest absolute Gasteiger partial charge is 0.329 e. The van der Waals surface area contributed by atoms with E-state index in [0.717, 1.165) is 11.1 Å². The molecule has 2 N–H and O–H groups in total. The molecule has 1 aromatic rings. The minimum atomic E-state index is -0.637. The van der Waals surface area contributed by atoms with Gasteiger partial charge in [0.05, 0.1) is 11.9 Å². The monoisotopic (exact) mass is 350 g/mol. The zero-order valence-corrected chi connectivity index (χ0v) is 14.9. The third kappa shape index (κ3) is 4.74. The third-order valence-corrected chi connectivity index (χ3v) is 5.11. The molecular weight excluding hydrogens is 328 g/mol. The van der Waals surface area contributed by atoms with Crippen molar-refractivity contribution in [3.05, 3.63) is 29.3 Å². The SMILES string of the molecule is CCOC(=O)C1CSC(CC(=O)Nc2ccc(C)c(C)c2)C(=O)N1. The molecule has 0 radical (unpaired) electrons. The van der Waals surface area contributed by atoms with Crippen LogP contribution in [0.25, 0.3) is 0 Å². The van der Waals surface area contributed by atoms with E-state index in [1.165, 1.54) is 11.8 Å². The molecule has 0 spiro atoms. The van der Waals surface area contributed by atoms with E-state index in [1.54, 1.807) is 6.92 Å². The summed E-state index contributed by atoms with van der Waals surface area (Å²) in [5.41, 5.74) is 2.96. The normalized spacial score (nSPS) is 20.2. The zero-order chi connectivity index (χ0) is 17.7. The first kappa shape index (κ1) is 18.3. The molecule has 1 saturated heterocycles. The highest BCUT2D eigenvalue weighted by Crippen LogP contribution is 2.22. The summed E-state index contributed by atoms with van der Waals surface area (Å²) in [6.45, 7) is 5.97. The van der Waals surface area contributed by atoms with E-state index >= 15 is 0 Å². The molecule has 130 valence electrons. The van der Waals surface area contributed by atoms with Gasteiger partial charge in [-0.2, -0.15) is 0 Å². The molecule has 24 heavy (non-hydrogen) atoms. The van der Waals surface area contributed by atoms with Gasteiger partial charge in [0.25, 0.3) is 0 Å². The average molecular weight is 350 g/mol. The van der Waals surface area contributed by atoms with Gasteiger partial charge in [0.1, 0.15) is 6.04 Å². The molecule has 1 aliphatic rings. The highest BCUT2D eigenvalue weighted by molar-refractivity contribution is 8.00. The van der Waals surface area contributed by atoms with Gasteiger partial charge in [0, 0.05) is 17.9 Å². The Kier molecular flexibility index (Phi) is 6.25. The quantitative estimate of drug-likeness (QED) is 0.791. The maximum atomic E-state index is 12.1. The van der Waals surface area contributed by atoms with Crippen molar-refractivity contribution in [3.8, 4) is 0 Å². The van der Waals surface area contributed by atoms with Crippen molar-refractivity contribution in [3.63, 3.8) is 0 Å². The highest BCUT2D eigenvalue weighted by atomic mass is 32.2. The Morgan fingerprint density at radius 3 is 2.71 bits per heavy atom. The Balaban J connectivity index is 1.87. The van der Waals surface area contributed by atoms with Crippen LogP contribution in [-0.4, -0.2) is 41.4 Å². The fourth-order valence-corrected chi connectivity index (χ4v) is 3.45. The van der Waals surface area contributed by atoms with E-state index in [4.69, 9.17) is 4.74 Å². The number of carbonyl (C=O) groups excluding carboxylic acids is 3. The number of esters is 1. The number of hydrogen-bond acceptors (Lipinski definition) is 5. The molecule has 0 aromatic heterocycles. The van der Waals surface area contributed by atoms with Gasteiger partial charge in [-0.05, 0) is 44.0 Å². The van der Waals surface area contributed by atoms with Crippen LogP contribution in [-0.2, 0) is 19.1 Å². The van der Waals surface area contributed by atoms with Gasteiger partial charge in [0.2, 0.25) is 11.8 Å². The van der Waals surface area contributed by atoms with E-state index in [2.05, 4.69) is 10.6 Å². The van der Waals surface area contributed by atoms with Crippen molar-refractivity contribution >= 4 is 35.2 Å². The molecule has 2 atom stereocenters. The van der Waals surface area contributed by atoms with Crippen LogP contribution in [0.1, 0.15) is 24.5 Å². The summed E-state index contributed by atoms with van der Waals surface area (Å²) >= 11 is 1.30. The van der Waals surface area contributed by atoms with Crippen LogP contribution < -0.4 is 10.6 Å². The summed E-state index contributed by atoms with van der Waals surface area (Å²) in [6, 6.07) is 5.04. The highest BCUT2D eigenvalue weighted by Gasteiger charge is 2.34. The van der Waals surface area contributed by atoms with Crippen LogP contribution in [0.3, 0.4) is 0 Å². The second-order valence-electron chi connectivity index (χ2n) is 5.69. The van der Waals surface area contributed by atoms with Crippen LogP contribution in [0.15, 0.2) is 18.2 Å². The van der Waals surface area contributed by atoms with Crippen molar-refractivity contribution < 1.29 is 19.1 Å². The van der Waals surface area contributed by atoms with Crippen molar-refractivity contribution in [2.45, 2.75) is 38.5 Å². The number of carbonyl (C=O) groups is 3. The second-order valence-corrected chi connectivity index (χ2v) is 6.92. The van der Waals surface area contributed by atoms with Crippen molar-refractivity contribution in [2.75, 3.05) is 17.7 Å². The summed E-state index contributed by atoms with van der Waals surface area (Å²) < 4.78 is 4.90. The van der Waals surface area contributed by atoms with E-state index in [9.17, 15) is 14.4 Å². The standard InChI is InChI=1S/C17H22N2O4S/c1-4-23-17(22)13-9-24-14(16(21)19-13)8-15(20)18-12-6-5-10(2)11(3)7-12/h5-7,13-14H,4,8-9H2,1-3H3,(H,18,20)(H,19,21). The average Bonchev–Trinajstić information content (AvgIpc) is 2.53. The predicted molar refractivity (Wildman–Crippen MR) is 94.0 cm³/mol. The molecule has 1 fully saturated rings. The first-order chi connectivity index (χ1) is 11.4. The molecule has 7 heteroatoms. The van der Waals surface area contributed by atoms with Crippen LogP contribution in [0, 0.1) is 13.8 Å². The second kappa shape index (κ2) is 8.19. The first-order valence-electron chi connectivity index (χ1n) is 7.86. The Labute approximate surface area is 145 Å². The number of thioether (sulfide) groups is 1. The number of aryl methyl sites for hydroxylation is 2. The molecule has 1 aromatic carbocycles. The van der Waals surface area contributed by atoms with Crippen LogP contribution in [0.2, 0.25) is 0 Å². The van der Waals surface area contributed by atoms with Gasteiger partial charge in [-0.15, -0.1) is 11.8 Å². The summed E-state index contributed by atoms with van der Waals surface area (Å²) in [6.07, 6.45) is 0.0684. The van der Waals surface area contributed by atoms with Crippen molar-refractivity contribution in [1.29, 1.82) is 0 Å². The van der Waals surface area contributed by atoms with Gasteiger partial charge in [-0.3, -0.25) is 9.59 Å². The summed E-state index contributed by atoms with van der Waals surface area (Å²) in [5.74, 6) is -0.553. The molecule has 1 heterocycles. The zero-order valence-electron chi connectivity index (χ0n) is 14.0.